The van der Waals surface area contributed by atoms with Gasteiger partial charge in [0.1, 0.15) is 0 Å². The summed E-state index contributed by atoms with van der Waals surface area (Å²) < 4.78 is 1.83. The summed E-state index contributed by atoms with van der Waals surface area (Å²) in [5.74, 6) is 0.282. The molecule has 1 heterocycles. The van der Waals surface area contributed by atoms with E-state index in [1.54, 1.807) is 0 Å². The summed E-state index contributed by atoms with van der Waals surface area (Å²) in [7, 11) is 0. The first-order chi connectivity index (χ1) is 13.5. The van der Waals surface area contributed by atoms with Crippen LogP contribution >= 0.6 is 23.1 Å². The molecule has 3 aromatic rings. The molecular formula is C21H23N3O2S2. The molecule has 2 amide bonds. The van der Waals surface area contributed by atoms with Crippen molar-refractivity contribution in [3.05, 3.63) is 48.0 Å². The van der Waals surface area contributed by atoms with Gasteiger partial charge in [-0.3, -0.25) is 9.59 Å². The van der Waals surface area contributed by atoms with E-state index in [9.17, 15) is 9.59 Å². The second-order valence-electron chi connectivity index (χ2n) is 6.47. The average molecular weight is 414 g/mol. The number of carbonyl (C=O) groups is 2. The molecule has 0 bridgehead atoms. The van der Waals surface area contributed by atoms with Crippen LogP contribution in [0.2, 0.25) is 0 Å². The van der Waals surface area contributed by atoms with Gasteiger partial charge in [-0.1, -0.05) is 43.3 Å². The van der Waals surface area contributed by atoms with Crippen LogP contribution in [0.1, 0.15) is 31.7 Å². The van der Waals surface area contributed by atoms with Gasteiger partial charge in [-0.15, -0.1) is 11.3 Å². The van der Waals surface area contributed by atoms with E-state index in [0.29, 0.717) is 12.2 Å². The first kappa shape index (κ1) is 20.4. The van der Waals surface area contributed by atoms with Gasteiger partial charge in [0.05, 0.1) is 16.0 Å². The van der Waals surface area contributed by atoms with E-state index < -0.39 is 0 Å². The quantitative estimate of drug-likeness (QED) is 0.481. The van der Waals surface area contributed by atoms with Crippen molar-refractivity contribution >= 4 is 56.5 Å². The molecule has 0 aliphatic rings. The van der Waals surface area contributed by atoms with Gasteiger partial charge in [0, 0.05) is 17.8 Å². The van der Waals surface area contributed by atoms with Crippen molar-refractivity contribution in [3.63, 3.8) is 0 Å². The number of fused-ring (bicyclic) bond motifs is 1. The Bertz CT molecular complexity index is 985. The number of hydrogen-bond acceptors (Lipinski definition) is 5. The van der Waals surface area contributed by atoms with E-state index in [1.807, 2.05) is 49.4 Å². The lowest BCUT2D eigenvalue weighted by Crippen LogP contribution is -2.14. The summed E-state index contributed by atoms with van der Waals surface area (Å²) in [5, 5.41) is 5.86. The predicted octanol–water partition coefficient (Wildman–Crippen LogP) is 5.46. The summed E-state index contributed by atoms with van der Waals surface area (Å²) in [6.07, 6.45) is 2.42. The first-order valence-electron chi connectivity index (χ1n) is 9.24. The maximum Gasteiger partial charge on any atom is 0.234 e. The van der Waals surface area contributed by atoms with Crippen LogP contribution in [0.5, 0.6) is 0 Å². The van der Waals surface area contributed by atoms with Gasteiger partial charge in [-0.2, -0.15) is 0 Å². The number of aryl methyl sites for hydroxylation is 1. The third-order valence-electron chi connectivity index (χ3n) is 4.16. The van der Waals surface area contributed by atoms with Crippen molar-refractivity contribution in [3.8, 4) is 0 Å². The number of nitrogens with one attached hydrogen (secondary N) is 2. The number of carbonyl (C=O) groups excluding carboxylic acids is 2. The molecule has 0 aliphatic heterocycles. The topological polar surface area (TPSA) is 71.1 Å². The van der Waals surface area contributed by atoms with Gasteiger partial charge in [-0.25, -0.2) is 4.98 Å². The molecule has 7 heteroatoms. The Morgan fingerprint density at radius 2 is 1.93 bits per heavy atom. The molecule has 0 unspecified atom stereocenters. The molecule has 0 saturated heterocycles. The monoisotopic (exact) mass is 413 g/mol. The molecule has 0 fully saturated rings. The number of anilines is 2. The number of para-hydroxylation sites is 1. The van der Waals surface area contributed by atoms with Gasteiger partial charge in [-0.05, 0) is 43.2 Å². The molecule has 2 N–H and O–H groups in total. The Balaban J connectivity index is 1.59. The smallest absolute Gasteiger partial charge is 0.234 e. The third-order valence-corrected chi connectivity index (χ3v) is 6.32. The first-order valence-corrected chi connectivity index (χ1v) is 11.0. The molecule has 2 aromatic carbocycles. The van der Waals surface area contributed by atoms with Crippen LogP contribution in [-0.2, 0) is 9.59 Å². The largest absolute Gasteiger partial charge is 0.326 e. The second kappa shape index (κ2) is 9.71. The number of aromatic nitrogens is 1. The van der Waals surface area contributed by atoms with Gasteiger partial charge in [0.2, 0.25) is 11.8 Å². The molecule has 0 radical (unpaired) electrons. The summed E-state index contributed by atoms with van der Waals surface area (Å²) in [6.45, 7) is 4.03. The summed E-state index contributed by atoms with van der Waals surface area (Å²) >= 11 is 2.95. The van der Waals surface area contributed by atoms with Gasteiger partial charge >= 0.3 is 0 Å². The number of rotatable bonds is 8. The lowest BCUT2D eigenvalue weighted by atomic mass is 10.2. The molecular weight excluding hydrogens is 390 g/mol. The molecule has 0 atom stereocenters. The van der Waals surface area contributed by atoms with Crippen molar-refractivity contribution in [1.29, 1.82) is 0 Å². The van der Waals surface area contributed by atoms with E-state index in [1.165, 1.54) is 23.1 Å². The third kappa shape index (κ3) is 5.56. The minimum Gasteiger partial charge on any atom is -0.326 e. The van der Waals surface area contributed by atoms with Crippen LogP contribution in [0.15, 0.2) is 46.8 Å². The standard InChI is InChI=1S/C21H23N3O2S2/c1-3-4-9-19(25)22-15-10-11-17-18(12-15)28-21(24-17)27-13-20(26)23-16-8-6-5-7-14(16)2/h5-8,10-12H,3-4,9,13H2,1-2H3,(H,22,25)(H,23,26). The Hall–Kier alpha value is -2.38. The number of benzene rings is 2. The van der Waals surface area contributed by atoms with Gasteiger partial charge in [0.15, 0.2) is 4.34 Å². The van der Waals surface area contributed by atoms with Crippen molar-refractivity contribution in [1.82, 2.24) is 4.98 Å². The zero-order valence-electron chi connectivity index (χ0n) is 16.0. The highest BCUT2D eigenvalue weighted by molar-refractivity contribution is 8.01. The highest BCUT2D eigenvalue weighted by Crippen LogP contribution is 2.31. The van der Waals surface area contributed by atoms with Crippen LogP contribution in [0.25, 0.3) is 10.2 Å². The van der Waals surface area contributed by atoms with Crippen LogP contribution in [-0.4, -0.2) is 22.6 Å². The fourth-order valence-corrected chi connectivity index (χ4v) is 4.54. The molecule has 5 nitrogen and oxygen atoms in total. The second-order valence-corrected chi connectivity index (χ2v) is 8.72. The van der Waals surface area contributed by atoms with E-state index in [2.05, 4.69) is 22.5 Å². The molecule has 0 spiro atoms. The number of unbranched alkanes of at least 4 members (excludes halogenated alkanes) is 1. The average Bonchev–Trinajstić information content (AvgIpc) is 3.09. The van der Waals surface area contributed by atoms with E-state index >= 15 is 0 Å². The highest BCUT2D eigenvalue weighted by Gasteiger charge is 2.10. The summed E-state index contributed by atoms with van der Waals surface area (Å²) in [4.78, 5) is 28.7. The summed E-state index contributed by atoms with van der Waals surface area (Å²) in [6, 6.07) is 13.4. The fourth-order valence-electron chi connectivity index (χ4n) is 2.63. The normalized spacial score (nSPS) is 10.8. The zero-order valence-corrected chi connectivity index (χ0v) is 17.6. The van der Waals surface area contributed by atoms with Crippen LogP contribution < -0.4 is 10.6 Å². The molecule has 3 rings (SSSR count). The van der Waals surface area contributed by atoms with Crippen molar-refractivity contribution in [2.45, 2.75) is 37.4 Å². The van der Waals surface area contributed by atoms with Crippen LogP contribution in [0.3, 0.4) is 0 Å². The molecule has 0 aliphatic carbocycles. The Morgan fingerprint density at radius 1 is 1.11 bits per heavy atom. The SMILES string of the molecule is CCCCC(=O)Nc1ccc2nc(SCC(=O)Nc3ccccc3C)sc2c1. The molecule has 146 valence electrons. The van der Waals surface area contributed by atoms with Gasteiger partial charge in [0.25, 0.3) is 0 Å². The number of thiazole rings is 1. The Labute approximate surface area is 172 Å². The lowest BCUT2D eigenvalue weighted by molar-refractivity contribution is -0.116. The minimum atomic E-state index is -0.0533. The van der Waals surface area contributed by atoms with Crippen molar-refractivity contribution in [2.75, 3.05) is 16.4 Å². The molecule has 1 aromatic heterocycles. The number of amides is 2. The molecule has 0 saturated carbocycles. The minimum absolute atomic E-state index is 0.0354. The Morgan fingerprint density at radius 3 is 2.71 bits per heavy atom. The predicted molar refractivity (Wildman–Crippen MR) is 118 cm³/mol. The van der Waals surface area contributed by atoms with E-state index in [4.69, 9.17) is 0 Å². The van der Waals surface area contributed by atoms with Crippen LogP contribution in [0.4, 0.5) is 11.4 Å². The van der Waals surface area contributed by atoms with Crippen molar-refractivity contribution < 1.29 is 9.59 Å². The van der Waals surface area contributed by atoms with E-state index in [-0.39, 0.29) is 11.8 Å². The maximum absolute atomic E-state index is 12.2. The number of thioether (sulfide) groups is 1. The van der Waals surface area contributed by atoms with Crippen LogP contribution in [0, 0.1) is 6.92 Å². The zero-order chi connectivity index (χ0) is 19.9. The maximum atomic E-state index is 12.2. The van der Waals surface area contributed by atoms with Crippen molar-refractivity contribution in [2.24, 2.45) is 0 Å². The number of nitrogens with zero attached hydrogens (tertiary/aromatic N) is 1. The Kier molecular flexibility index (Phi) is 7.06. The highest BCUT2D eigenvalue weighted by atomic mass is 32.2. The summed E-state index contributed by atoms with van der Waals surface area (Å²) in [5.41, 5.74) is 3.53. The lowest BCUT2D eigenvalue weighted by Gasteiger charge is -2.06. The van der Waals surface area contributed by atoms with Gasteiger partial charge < -0.3 is 10.6 Å². The number of hydrogen-bond donors (Lipinski definition) is 2. The fraction of sp³-hybridized carbons (Fsp3) is 0.286. The molecule has 28 heavy (non-hydrogen) atoms. The van der Waals surface area contributed by atoms with E-state index in [0.717, 1.165) is 44.3 Å².